The lowest BCUT2D eigenvalue weighted by Crippen LogP contribution is -2.46. The van der Waals surface area contributed by atoms with Crippen molar-refractivity contribution in [3.63, 3.8) is 0 Å². The third kappa shape index (κ3) is 3.04. The fourth-order valence-corrected chi connectivity index (χ4v) is 5.13. The first kappa shape index (κ1) is 17.6. The number of hydrogen-bond donors (Lipinski definition) is 1. The summed E-state index contributed by atoms with van der Waals surface area (Å²) in [7, 11) is -0.285. The van der Waals surface area contributed by atoms with Crippen molar-refractivity contribution in [2.45, 2.75) is 25.4 Å². The van der Waals surface area contributed by atoms with E-state index in [1.165, 1.54) is 21.2 Å². The fraction of sp³-hybridized carbons (Fsp3) is 0.667. The molecule has 0 radical (unpaired) electrons. The lowest BCUT2D eigenvalue weighted by molar-refractivity contribution is 0.123. The molecule has 2 aromatic heterocycles. The lowest BCUT2D eigenvalue weighted by atomic mass is 9.95. The summed E-state index contributed by atoms with van der Waals surface area (Å²) in [5.41, 5.74) is 0.468. The number of fused-ring (bicyclic) bond motifs is 5. The van der Waals surface area contributed by atoms with Crippen LogP contribution >= 0.6 is 0 Å². The molecule has 3 fully saturated rings. The van der Waals surface area contributed by atoms with Gasteiger partial charge in [0.25, 0.3) is 21.5 Å². The van der Waals surface area contributed by atoms with Crippen molar-refractivity contribution in [1.29, 1.82) is 0 Å². The Balaban J connectivity index is 1.57. The predicted octanol–water partition coefficient (Wildman–Crippen LogP) is -0.880. The highest BCUT2D eigenvalue weighted by Crippen LogP contribution is 2.30. The summed E-state index contributed by atoms with van der Waals surface area (Å²) in [4.78, 5) is 22.9. The van der Waals surface area contributed by atoms with Crippen molar-refractivity contribution < 1.29 is 8.42 Å². The molecule has 0 unspecified atom stereocenters. The minimum Gasteiger partial charge on any atom is -0.293 e. The molecular formula is C15H23N7O3S. The summed E-state index contributed by atoms with van der Waals surface area (Å²) >= 11 is 0. The van der Waals surface area contributed by atoms with Gasteiger partial charge in [0.05, 0.1) is 5.69 Å². The van der Waals surface area contributed by atoms with Crippen LogP contribution in [0.25, 0.3) is 5.78 Å². The van der Waals surface area contributed by atoms with Gasteiger partial charge < -0.3 is 0 Å². The van der Waals surface area contributed by atoms with Gasteiger partial charge >= 0.3 is 0 Å². The van der Waals surface area contributed by atoms with Crippen LogP contribution in [-0.2, 0) is 16.8 Å². The van der Waals surface area contributed by atoms with Crippen LogP contribution in [-0.4, -0.2) is 81.3 Å². The first-order chi connectivity index (χ1) is 12.3. The first-order valence-corrected chi connectivity index (χ1v) is 10.1. The molecule has 11 heteroatoms. The zero-order valence-corrected chi connectivity index (χ0v) is 15.7. The van der Waals surface area contributed by atoms with Crippen molar-refractivity contribution in [3.8, 4) is 0 Å². The molecular weight excluding hydrogens is 358 g/mol. The second-order valence-electron chi connectivity index (χ2n) is 7.24. The van der Waals surface area contributed by atoms with Gasteiger partial charge in [-0.15, -0.1) is 0 Å². The third-order valence-corrected chi connectivity index (χ3v) is 7.14. The Bertz CT molecular complexity index is 967. The maximum absolute atomic E-state index is 12.5. The van der Waals surface area contributed by atoms with Crippen LogP contribution in [0.3, 0.4) is 0 Å². The third-order valence-electron chi connectivity index (χ3n) is 5.27. The van der Waals surface area contributed by atoms with Crippen molar-refractivity contribution in [3.05, 3.63) is 28.4 Å². The maximum atomic E-state index is 12.5. The van der Waals surface area contributed by atoms with Crippen LogP contribution in [0.1, 0.15) is 18.5 Å². The summed E-state index contributed by atoms with van der Waals surface area (Å²) in [6.07, 6.45) is 3.41. The van der Waals surface area contributed by atoms with Crippen LogP contribution in [0, 0.1) is 5.92 Å². The molecule has 5 heterocycles. The van der Waals surface area contributed by atoms with E-state index in [1.807, 2.05) is 0 Å². The number of rotatable bonds is 4. The summed E-state index contributed by atoms with van der Waals surface area (Å²) in [5.74, 6) is 0.642. The fourth-order valence-electron chi connectivity index (χ4n) is 3.91. The Hall–Kier alpha value is -1.82. The second kappa shape index (κ2) is 6.41. The van der Waals surface area contributed by atoms with Gasteiger partial charge in [-0.3, -0.25) is 14.8 Å². The van der Waals surface area contributed by atoms with Gasteiger partial charge in [-0.05, 0) is 18.8 Å². The largest absolute Gasteiger partial charge is 0.293 e. The molecule has 2 atom stereocenters. The Kier molecular flexibility index (Phi) is 4.34. The van der Waals surface area contributed by atoms with E-state index < -0.39 is 10.2 Å². The summed E-state index contributed by atoms with van der Waals surface area (Å²) in [6, 6.07) is 1.64. The topological polar surface area (TPSA) is 107 Å². The molecule has 2 bridgehead atoms. The molecule has 3 aliphatic rings. The molecule has 3 aliphatic heterocycles. The van der Waals surface area contributed by atoms with Gasteiger partial charge in [-0.25, -0.2) is 9.97 Å². The normalized spacial score (nSPS) is 25.2. The van der Waals surface area contributed by atoms with Crippen LogP contribution in [0.4, 0.5) is 0 Å². The van der Waals surface area contributed by atoms with Crippen LogP contribution in [0.15, 0.2) is 17.2 Å². The van der Waals surface area contributed by atoms with E-state index in [-0.39, 0.29) is 11.6 Å². The van der Waals surface area contributed by atoms with Gasteiger partial charge in [-0.2, -0.15) is 21.5 Å². The lowest BCUT2D eigenvalue weighted by Gasteiger charge is -2.35. The van der Waals surface area contributed by atoms with E-state index in [4.69, 9.17) is 0 Å². The molecule has 0 aromatic carbocycles. The van der Waals surface area contributed by atoms with Gasteiger partial charge in [0, 0.05) is 52.4 Å². The average molecular weight is 381 g/mol. The Morgan fingerprint density at radius 2 is 2.08 bits per heavy atom. The predicted molar refractivity (Wildman–Crippen MR) is 94.7 cm³/mol. The molecule has 1 N–H and O–H groups in total. The molecule has 5 rings (SSSR count). The van der Waals surface area contributed by atoms with Crippen LogP contribution in [0.2, 0.25) is 0 Å². The second-order valence-corrected chi connectivity index (χ2v) is 9.38. The number of aromatic amines is 1. The van der Waals surface area contributed by atoms with Crippen LogP contribution in [0.5, 0.6) is 0 Å². The SMILES string of the molecule is CN(C)S(=O)(=O)N1C[C@H]2CC[C@@H](C1)N(Cc1cc(=O)n3[nH]cnc3n1)C2. The highest BCUT2D eigenvalue weighted by Gasteiger charge is 2.39. The molecule has 0 spiro atoms. The van der Waals surface area contributed by atoms with E-state index >= 15 is 0 Å². The molecule has 3 saturated heterocycles. The minimum atomic E-state index is -3.42. The van der Waals surface area contributed by atoms with E-state index in [9.17, 15) is 13.2 Å². The Morgan fingerprint density at radius 1 is 1.27 bits per heavy atom. The van der Waals surface area contributed by atoms with Gasteiger partial charge in [0.2, 0.25) is 0 Å². The van der Waals surface area contributed by atoms with E-state index in [0.29, 0.717) is 37.0 Å². The molecule has 26 heavy (non-hydrogen) atoms. The van der Waals surface area contributed by atoms with Gasteiger partial charge in [0.15, 0.2) is 0 Å². The molecule has 142 valence electrons. The summed E-state index contributed by atoms with van der Waals surface area (Å²) < 4.78 is 29.3. The van der Waals surface area contributed by atoms with Gasteiger partial charge in [0.1, 0.15) is 6.33 Å². The number of piperidine rings is 1. The number of nitrogens with zero attached hydrogens (tertiary/aromatic N) is 6. The average Bonchev–Trinajstić information content (AvgIpc) is 2.86. The molecule has 0 amide bonds. The number of nitrogens with one attached hydrogen (secondary N) is 1. The minimum absolute atomic E-state index is 0.128. The summed E-state index contributed by atoms with van der Waals surface area (Å²) in [5, 5.41) is 2.73. The highest BCUT2D eigenvalue weighted by molar-refractivity contribution is 7.86. The Morgan fingerprint density at radius 3 is 2.85 bits per heavy atom. The molecule has 10 nitrogen and oxygen atoms in total. The first-order valence-electron chi connectivity index (χ1n) is 8.68. The zero-order valence-electron chi connectivity index (χ0n) is 14.9. The number of hydrogen-bond acceptors (Lipinski definition) is 6. The van der Waals surface area contributed by atoms with Crippen molar-refractivity contribution in [2.75, 3.05) is 33.7 Å². The van der Waals surface area contributed by atoms with E-state index in [2.05, 4.69) is 20.0 Å². The van der Waals surface area contributed by atoms with Crippen molar-refractivity contribution in [2.24, 2.45) is 5.92 Å². The Labute approximate surface area is 151 Å². The van der Waals surface area contributed by atoms with Gasteiger partial charge in [-0.1, -0.05) is 0 Å². The van der Waals surface area contributed by atoms with Crippen LogP contribution < -0.4 is 5.56 Å². The smallest absolute Gasteiger partial charge is 0.281 e. The van der Waals surface area contributed by atoms with Crippen molar-refractivity contribution in [1.82, 2.24) is 33.1 Å². The molecule has 0 saturated carbocycles. The van der Waals surface area contributed by atoms with E-state index in [1.54, 1.807) is 18.4 Å². The molecule has 2 aromatic rings. The van der Waals surface area contributed by atoms with Crippen molar-refractivity contribution >= 4 is 16.0 Å². The highest BCUT2D eigenvalue weighted by atomic mass is 32.2. The van der Waals surface area contributed by atoms with E-state index in [0.717, 1.165) is 19.4 Å². The maximum Gasteiger partial charge on any atom is 0.281 e. The quantitative estimate of drug-likeness (QED) is 0.737. The monoisotopic (exact) mass is 381 g/mol. The summed E-state index contributed by atoms with van der Waals surface area (Å²) in [6.45, 7) is 2.35. The number of H-pyrrole nitrogens is 1. The number of aromatic nitrogens is 4. The zero-order chi connectivity index (χ0) is 18.5. The molecule has 0 aliphatic carbocycles. The standard InChI is InChI=1S/C15H23N7O3S/c1-19(2)26(24,25)21-7-11-3-4-13(9-21)20(6-11)8-12-5-14(23)22-15(18-12)16-10-17-22/h5,10-11,13H,3-4,6-9H2,1-2H3,(H,16,17,18)/t11-,13-/m0/s1.